The van der Waals surface area contributed by atoms with Crippen molar-refractivity contribution in [3.8, 4) is 17.2 Å². The standard InChI is InChI=1S/C15H8O6/c16-7-2-1-3-10-13(7)14-12(15(19)21-10)6-4-8(17)9(18)5-11(6)20-14/h1-5,16-18H. The molecule has 3 N–H and O–H groups in total. The zero-order chi connectivity index (χ0) is 14.7. The fourth-order valence-corrected chi connectivity index (χ4v) is 2.48. The molecule has 0 amide bonds. The van der Waals surface area contributed by atoms with Gasteiger partial charge in [0.05, 0.1) is 0 Å². The molecule has 0 aliphatic heterocycles. The zero-order valence-electron chi connectivity index (χ0n) is 10.5. The van der Waals surface area contributed by atoms with Crippen LogP contribution in [0.4, 0.5) is 0 Å². The van der Waals surface area contributed by atoms with Gasteiger partial charge in [-0.25, -0.2) is 4.79 Å². The predicted octanol–water partition coefficient (Wildman–Crippen LogP) is 2.81. The van der Waals surface area contributed by atoms with Crippen molar-refractivity contribution in [3.05, 3.63) is 40.8 Å². The van der Waals surface area contributed by atoms with Crippen molar-refractivity contribution in [1.29, 1.82) is 0 Å². The summed E-state index contributed by atoms with van der Waals surface area (Å²) < 4.78 is 10.7. The van der Waals surface area contributed by atoms with Gasteiger partial charge in [0.2, 0.25) is 0 Å². The van der Waals surface area contributed by atoms with Gasteiger partial charge in [0.25, 0.3) is 0 Å². The first kappa shape index (κ1) is 11.7. The molecule has 0 atom stereocenters. The lowest BCUT2D eigenvalue weighted by Gasteiger charge is -1.99. The smallest absolute Gasteiger partial charge is 0.348 e. The number of phenols is 3. The van der Waals surface area contributed by atoms with Crippen LogP contribution in [0, 0.1) is 0 Å². The van der Waals surface area contributed by atoms with Crippen molar-refractivity contribution < 1.29 is 24.2 Å². The van der Waals surface area contributed by atoms with Gasteiger partial charge in [-0.1, -0.05) is 6.07 Å². The SMILES string of the molecule is O=c1oc2cccc(O)c2c2oc3cc(O)c(O)cc3c12. The molecule has 21 heavy (non-hydrogen) atoms. The Bertz CT molecular complexity index is 1090. The van der Waals surface area contributed by atoms with Crippen molar-refractivity contribution in [2.75, 3.05) is 0 Å². The molecule has 4 rings (SSSR count). The lowest BCUT2D eigenvalue weighted by molar-refractivity contribution is 0.404. The number of phenolic OH excluding ortho intramolecular Hbond substituents is 3. The monoisotopic (exact) mass is 284 g/mol. The van der Waals surface area contributed by atoms with E-state index in [0.29, 0.717) is 5.39 Å². The first-order chi connectivity index (χ1) is 10.1. The zero-order valence-corrected chi connectivity index (χ0v) is 10.5. The van der Waals surface area contributed by atoms with E-state index in [1.54, 1.807) is 6.07 Å². The molecule has 6 nitrogen and oxygen atoms in total. The average Bonchev–Trinajstić information content (AvgIpc) is 2.78. The van der Waals surface area contributed by atoms with Crippen LogP contribution in [0.1, 0.15) is 0 Å². The van der Waals surface area contributed by atoms with Crippen molar-refractivity contribution >= 4 is 32.9 Å². The van der Waals surface area contributed by atoms with E-state index in [2.05, 4.69) is 0 Å². The van der Waals surface area contributed by atoms with Gasteiger partial charge in [-0.15, -0.1) is 0 Å². The summed E-state index contributed by atoms with van der Waals surface area (Å²) in [6.07, 6.45) is 0. The third-order valence-electron chi connectivity index (χ3n) is 3.42. The fourth-order valence-electron chi connectivity index (χ4n) is 2.48. The van der Waals surface area contributed by atoms with Crippen LogP contribution < -0.4 is 5.63 Å². The van der Waals surface area contributed by atoms with Gasteiger partial charge in [-0.05, 0) is 18.2 Å². The van der Waals surface area contributed by atoms with Gasteiger partial charge < -0.3 is 24.2 Å². The van der Waals surface area contributed by atoms with Gasteiger partial charge in [0.15, 0.2) is 17.1 Å². The van der Waals surface area contributed by atoms with Crippen LogP contribution in [0.5, 0.6) is 17.2 Å². The molecule has 0 saturated carbocycles. The number of furan rings is 1. The van der Waals surface area contributed by atoms with Crippen LogP contribution in [-0.4, -0.2) is 15.3 Å². The second-order valence-corrected chi connectivity index (χ2v) is 4.68. The summed E-state index contributed by atoms with van der Waals surface area (Å²) in [6.45, 7) is 0. The average molecular weight is 284 g/mol. The molecule has 2 aromatic carbocycles. The van der Waals surface area contributed by atoms with Crippen molar-refractivity contribution in [2.45, 2.75) is 0 Å². The molecule has 0 bridgehead atoms. The topological polar surface area (TPSA) is 104 Å². The van der Waals surface area contributed by atoms with E-state index in [1.165, 1.54) is 24.3 Å². The third-order valence-corrected chi connectivity index (χ3v) is 3.42. The predicted molar refractivity (Wildman–Crippen MR) is 74.8 cm³/mol. The maximum atomic E-state index is 12.1. The molecule has 0 unspecified atom stereocenters. The molecule has 6 heteroatoms. The van der Waals surface area contributed by atoms with Crippen molar-refractivity contribution in [2.24, 2.45) is 0 Å². The molecular formula is C15H8O6. The lowest BCUT2D eigenvalue weighted by atomic mass is 10.1. The van der Waals surface area contributed by atoms with Gasteiger partial charge in [0.1, 0.15) is 27.7 Å². The fraction of sp³-hybridized carbons (Fsp3) is 0. The summed E-state index contributed by atoms with van der Waals surface area (Å²) in [5.74, 6) is -0.824. The molecule has 0 spiro atoms. The Morgan fingerprint density at radius 3 is 2.38 bits per heavy atom. The van der Waals surface area contributed by atoms with Gasteiger partial charge in [-0.2, -0.15) is 0 Å². The molecule has 104 valence electrons. The normalized spacial score (nSPS) is 11.6. The molecular weight excluding hydrogens is 276 g/mol. The van der Waals surface area contributed by atoms with Crippen molar-refractivity contribution in [3.63, 3.8) is 0 Å². The summed E-state index contributed by atoms with van der Waals surface area (Å²) in [5.41, 5.74) is -0.0883. The minimum Gasteiger partial charge on any atom is -0.507 e. The Labute approximate surface area is 116 Å². The first-order valence-electron chi connectivity index (χ1n) is 6.09. The highest BCUT2D eigenvalue weighted by molar-refractivity contribution is 6.14. The second kappa shape index (κ2) is 3.69. The molecule has 0 fully saturated rings. The summed E-state index contributed by atoms with van der Waals surface area (Å²) >= 11 is 0. The van der Waals surface area contributed by atoms with E-state index in [4.69, 9.17) is 8.83 Å². The molecule has 4 aromatic rings. The van der Waals surface area contributed by atoms with Crippen molar-refractivity contribution in [1.82, 2.24) is 0 Å². The largest absolute Gasteiger partial charge is 0.507 e. The quantitative estimate of drug-likeness (QED) is 0.339. The van der Waals surface area contributed by atoms with E-state index in [-0.39, 0.29) is 44.8 Å². The molecule has 2 aromatic heterocycles. The summed E-state index contributed by atoms with van der Waals surface area (Å²) in [6, 6.07) is 6.96. The van der Waals surface area contributed by atoms with Gasteiger partial charge in [-0.3, -0.25) is 0 Å². The summed E-state index contributed by atoms with van der Waals surface area (Å²) in [5, 5.41) is 29.7. The Kier molecular flexibility index (Phi) is 2.05. The summed E-state index contributed by atoms with van der Waals surface area (Å²) in [7, 11) is 0. The Balaban J connectivity index is 2.37. The lowest BCUT2D eigenvalue weighted by Crippen LogP contribution is -1.98. The first-order valence-corrected chi connectivity index (χ1v) is 6.09. The minimum atomic E-state index is -0.646. The van der Waals surface area contributed by atoms with E-state index in [9.17, 15) is 20.1 Å². The Morgan fingerprint density at radius 1 is 0.810 bits per heavy atom. The molecule has 0 radical (unpaired) electrons. The van der Waals surface area contributed by atoms with E-state index in [1.807, 2.05) is 0 Å². The summed E-state index contributed by atoms with van der Waals surface area (Å²) in [4.78, 5) is 12.1. The number of benzene rings is 2. The van der Waals surface area contributed by atoms with Crippen LogP contribution in [0.2, 0.25) is 0 Å². The number of hydrogen-bond acceptors (Lipinski definition) is 6. The molecule has 0 aliphatic rings. The van der Waals surface area contributed by atoms with Crippen LogP contribution in [0.15, 0.2) is 44.0 Å². The third kappa shape index (κ3) is 1.44. The Morgan fingerprint density at radius 2 is 1.57 bits per heavy atom. The number of hydrogen-bond donors (Lipinski definition) is 3. The highest BCUT2D eigenvalue weighted by atomic mass is 16.4. The van der Waals surface area contributed by atoms with Crippen LogP contribution in [0.25, 0.3) is 32.9 Å². The second-order valence-electron chi connectivity index (χ2n) is 4.68. The van der Waals surface area contributed by atoms with Crippen LogP contribution >= 0.6 is 0 Å². The van der Waals surface area contributed by atoms with E-state index >= 15 is 0 Å². The number of fused-ring (bicyclic) bond motifs is 5. The molecule has 0 saturated heterocycles. The maximum absolute atomic E-state index is 12.1. The van der Waals surface area contributed by atoms with E-state index in [0.717, 1.165) is 0 Å². The highest BCUT2D eigenvalue weighted by Gasteiger charge is 2.19. The van der Waals surface area contributed by atoms with E-state index < -0.39 is 5.63 Å². The Hall–Kier alpha value is -3.15. The molecule has 0 aliphatic carbocycles. The van der Waals surface area contributed by atoms with Crippen LogP contribution in [-0.2, 0) is 0 Å². The van der Waals surface area contributed by atoms with Crippen LogP contribution in [0.3, 0.4) is 0 Å². The van der Waals surface area contributed by atoms with Gasteiger partial charge >= 0.3 is 5.63 Å². The minimum absolute atomic E-state index is 0.0891. The molecule has 2 heterocycles. The van der Waals surface area contributed by atoms with Gasteiger partial charge in [0, 0.05) is 11.5 Å². The number of aromatic hydroxyl groups is 3. The highest BCUT2D eigenvalue weighted by Crippen LogP contribution is 2.39. The maximum Gasteiger partial charge on any atom is 0.348 e. The number of rotatable bonds is 0.